The summed E-state index contributed by atoms with van der Waals surface area (Å²) in [5.41, 5.74) is 2.09. The van der Waals surface area contributed by atoms with Crippen LogP contribution in [0.25, 0.3) is 5.65 Å². The lowest BCUT2D eigenvalue weighted by atomic mass is 10.1. The van der Waals surface area contributed by atoms with Crippen molar-refractivity contribution in [2.24, 2.45) is 10.9 Å². The van der Waals surface area contributed by atoms with Gasteiger partial charge in [-0.25, -0.2) is 0 Å². The van der Waals surface area contributed by atoms with Gasteiger partial charge in [0.25, 0.3) is 0 Å². The van der Waals surface area contributed by atoms with Gasteiger partial charge < -0.3 is 15.4 Å². The van der Waals surface area contributed by atoms with Crippen molar-refractivity contribution in [1.29, 1.82) is 0 Å². The van der Waals surface area contributed by atoms with Gasteiger partial charge in [0.1, 0.15) is 5.75 Å². The largest absolute Gasteiger partial charge is 0.493 e. The van der Waals surface area contributed by atoms with Gasteiger partial charge in [0, 0.05) is 19.8 Å². The second-order valence-electron chi connectivity index (χ2n) is 7.00. The lowest BCUT2D eigenvalue weighted by Crippen LogP contribution is -2.38. The minimum Gasteiger partial charge on any atom is -0.493 e. The third-order valence-corrected chi connectivity index (χ3v) is 4.23. The van der Waals surface area contributed by atoms with Crippen molar-refractivity contribution in [3.05, 3.63) is 60.0 Å². The fraction of sp³-hybridized carbons (Fsp3) is 0.381. The maximum Gasteiger partial charge on any atom is 0.191 e. The van der Waals surface area contributed by atoms with Crippen molar-refractivity contribution in [3.8, 4) is 5.75 Å². The Hall–Kier alpha value is -3.09. The molecular weight excluding hydrogens is 352 g/mol. The summed E-state index contributed by atoms with van der Waals surface area (Å²) in [6.07, 6.45) is 2.86. The van der Waals surface area contributed by atoms with Gasteiger partial charge in [0.15, 0.2) is 17.4 Å². The molecule has 0 saturated heterocycles. The number of aromatic nitrogens is 3. The number of hydrogen-bond acceptors (Lipinski definition) is 4. The Bertz CT molecular complexity index is 901. The monoisotopic (exact) mass is 380 g/mol. The van der Waals surface area contributed by atoms with Gasteiger partial charge in [0.2, 0.25) is 0 Å². The first-order valence-corrected chi connectivity index (χ1v) is 9.60. The van der Waals surface area contributed by atoms with E-state index in [0.29, 0.717) is 12.5 Å². The quantitative estimate of drug-likeness (QED) is 0.464. The van der Waals surface area contributed by atoms with Crippen LogP contribution in [-0.4, -0.2) is 40.8 Å². The zero-order valence-electron chi connectivity index (χ0n) is 16.7. The van der Waals surface area contributed by atoms with E-state index in [1.807, 2.05) is 40.9 Å². The Kier molecular flexibility index (Phi) is 6.84. The number of aliphatic imine (C=N–C) groups is 1. The van der Waals surface area contributed by atoms with E-state index in [0.717, 1.165) is 42.8 Å². The van der Waals surface area contributed by atoms with Crippen molar-refractivity contribution in [2.75, 3.05) is 20.2 Å². The standard InChI is InChI=1S/C21H28N6O/c1-16(2)15-28-18-9-7-17(8-10-18)11-12-23-21(22-3)24-14-20-26-25-19-6-4-5-13-27(19)20/h4-10,13,16H,11-12,14-15H2,1-3H3,(H2,22,23,24). The highest BCUT2D eigenvalue weighted by Gasteiger charge is 2.05. The van der Waals surface area contributed by atoms with Gasteiger partial charge in [-0.3, -0.25) is 9.39 Å². The van der Waals surface area contributed by atoms with Crippen molar-refractivity contribution in [2.45, 2.75) is 26.8 Å². The first kappa shape index (κ1) is 19.7. The Morgan fingerprint density at radius 3 is 2.68 bits per heavy atom. The average Bonchev–Trinajstić information content (AvgIpc) is 3.13. The van der Waals surface area contributed by atoms with E-state index in [2.05, 4.69) is 51.8 Å². The van der Waals surface area contributed by atoms with E-state index in [-0.39, 0.29) is 0 Å². The topological polar surface area (TPSA) is 75.8 Å². The van der Waals surface area contributed by atoms with Crippen LogP contribution in [-0.2, 0) is 13.0 Å². The van der Waals surface area contributed by atoms with Gasteiger partial charge >= 0.3 is 0 Å². The lowest BCUT2D eigenvalue weighted by Gasteiger charge is -2.12. The molecule has 2 heterocycles. The number of nitrogens with zero attached hydrogens (tertiary/aromatic N) is 4. The molecule has 2 aromatic heterocycles. The third-order valence-electron chi connectivity index (χ3n) is 4.23. The van der Waals surface area contributed by atoms with Crippen LogP contribution < -0.4 is 15.4 Å². The second-order valence-corrected chi connectivity index (χ2v) is 7.00. The highest BCUT2D eigenvalue weighted by atomic mass is 16.5. The predicted molar refractivity (Wildman–Crippen MR) is 112 cm³/mol. The van der Waals surface area contributed by atoms with Crippen LogP contribution in [0.2, 0.25) is 0 Å². The zero-order chi connectivity index (χ0) is 19.8. The third kappa shape index (κ3) is 5.45. The SMILES string of the molecule is CN=C(NCCc1ccc(OCC(C)C)cc1)NCc1nnc2ccccn12. The molecule has 0 radical (unpaired) electrons. The molecule has 3 rings (SSSR count). The van der Waals surface area contributed by atoms with Crippen LogP contribution in [0.4, 0.5) is 0 Å². The molecule has 0 aliphatic rings. The molecule has 0 fully saturated rings. The summed E-state index contributed by atoms with van der Waals surface area (Å²) < 4.78 is 7.68. The number of rotatable bonds is 8. The molecule has 0 aliphatic carbocycles. The molecule has 7 heteroatoms. The van der Waals surface area contributed by atoms with E-state index in [9.17, 15) is 0 Å². The number of benzene rings is 1. The molecule has 0 unspecified atom stereocenters. The molecule has 0 spiro atoms. The number of hydrogen-bond donors (Lipinski definition) is 2. The summed E-state index contributed by atoms with van der Waals surface area (Å²) in [4.78, 5) is 4.27. The first-order chi connectivity index (χ1) is 13.7. The van der Waals surface area contributed by atoms with E-state index in [1.54, 1.807) is 7.05 Å². The Balaban J connectivity index is 1.44. The molecule has 0 aliphatic heterocycles. The molecule has 148 valence electrons. The Morgan fingerprint density at radius 1 is 1.11 bits per heavy atom. The van der Waals surface area contributed by atoms with Crippen LogP contribution in [0, 0.1) is 5.92 Å². The number of nitrogens with one attached hydrogen (secondary N) is 2. The average molecular weight is 380 g/mol. The zero-order valence-corrected chi connectivity index (χ0v) is 16.7. The number of fused-ring (bicyclic) bond motifs is 1. The van der Waals surface area contributed by atoms with Crippen molar-refractivity contribution < 1.29 is 4.74 Å². The first-order valence-electron chi connectivity index (χ1n) is 9.60. The van der Waals surface area contributed by atoms with Crippen molar-refractivity contribution >= 4 is 11.6 Å². The van der Waals surface area contributed by atoms with Gasteiger partial charge in [-0.05, 0) is 42.2 Å². The molecule has 7 nitrogen and oxygen atoms in total. The predicted octanol–water partition coefficient (Wildman–Crippen LogP) is 2.67. The summed E-state index contributed by atoms with van der Waals surface area (Å²) in [6.45, 7) is 6.36. The molecular formula is C21H28N6O. The van der Waals surface area contributed by atoms with E-state index in [1.165, 1.54) is 5.56 Å². The number of pyridine rings is 1. The summed E-state index contributed by atoms with van der Waals surface area (Å²) in [5, 5.41) is 15.0. The minimum atomic E-state index is 0.527. The molecule has 0 saturated carbocycles. The van der Waals surface area contributed by atoms with Crippen molar-refractivity contribution in [1.82, 2.24) is 25.2 Å². The smallest absolute Gasteiger partial charge is 0.191 e. The van der Waals surface area contributed by atoms with Crippen LogP contribution in [0.15, 0.2) is 53.7 Å². The van der Waals surface area contributed by atoms with Crippen LogP contribution >= 0.6 is 0 Å². The molecule has 1 aromatic carbocycles. The fourth-order valence-corrected chi connectivity index (χ4v) is 2.74. The van der Waals surface area contributed by atoms with Gasteiger partial charge in [-0.15, -0.1) is 10.2 Å². The fourth-order valence-electron chi connectivity index (χ4n) is 2.74. The minimum absolute atomic E-state index is 0.527. The Morgan fingerprint density at radius 2 is 1.93 bits per heavy atom. The van der Waals surface area contributed by atoms with E-state index >= 15 is 0 Å². The molecule has 0 bridgehead atoms. The van der Waals surface area contributed by atoms with Gasteiger partial charge in [-0.2, -0.15) is 0 Å². The van der Waals surface area contributed by atoms with Crippen LogP contribution in [0.3, 0.4) is 0 Å². The van der Waals surface area contributed by atoms with E-state index < -0.39 is 0 Å². The molecule has 0 atom stereocenters. The normalized spacial score (nSPS) is 11.8. The molecule has 0 amide bonds. The summed E-state index contributed by atoms with van der Waals surface area (Å²) in [7, 11) is 1.76. The number of guanidine groups is 1. The molecule has 3 aromatic rings. The lowest BCUT2D eigenvalue weighted by molar-refractivity contribution is 0.271. The van der Waals surface area contributed by atoms with E-state index in [4.69, 9.17) is 4.74 Å². The highest BCUT2D eigenvalue weighted by Crippen LogP contribution is 2.13. The van der Waals surface area contributed by atoms with Crippen LogP contribution in [0.5, 0.6) is 5.75 Å². The second kappa shape index (κ2) is 9.73. The summed E-state index contributed by atoms with van der Waals surface area (Å²) >= 11 is 0. The summed E-state index contributed by atoms with van der Waals surface area (Å²) in [5.74, 6) is 3.03. The molecule has 28 heavy (non-hydrogen) atoms. The molecule has 2 N–H and O–H groups in total. The highest BCUT2D eigenvalue weighted by molar-refractivity contribution is 5.79. The van der Waals surface area contributed by atoms with Gasteiger partial charge in [0.05, 0.1) is 13.2 Å². The maximum atomic E-state index is 5.72. The van der Waals surface area contributed by atoms with Crippen molar-refractivity contribution in [3.63, 3.8) is 0 Å². The van der Waals surface area contributed by atoms with Crippen LogP contribution in [0.1, 0.15) is 25.2 Å². The van der Waals surface area contributed by atoms with Gasteiger partial charge in [-0.1, -0.05) is 32.0 Å². The summed E-state index contributed by atoms with van der Waals surface area (Å²) in [6, 6.07) is 14.1. The maximum absolute atomic E-state index is 5.72. The Labute approximate surface area is 165 Å². The number of ether oxygens (including phenoxy) is 1.